The van der Waals surface area contributed by atoms with Crippen LogP contribution in [-0.4, -0.2) is 46.4 Å². The highest BCUT2D eigenvalue weighted by molar-refractivity contribution is 6.32. The number of carboxylic acids is 1. The highest BCUT2D eigenvalue weighted by Crippen LogP contribution is 2.20. The van der Waals surface area contributed by atoms with Gasteiger partial charge in [0.15, 0.2) is 0 Å². The van der Waals surface area contributed by atoms with Crippen molar-refractivity contribution in [1.29, 1.82) is 0 Å². The lowest BCUT2D eigenvalue weighted by molar-refractivity contribution is 0.0696. The van der Waals surface area contributed by atoms with Crippen LogP contribution in [0.25, 0.3) is 0 Å². The second-order valence-electron chi connectivity index (χ2n) is 3.80. The van der Waals surface area contributed by atoms with Crippen molar-refractivity contribution < 1.29 is 9.90 Å². The highest BCUT2D eigenvalue weighted by Gasteiger charge is 2.20. The van der Waals surface area contributed by atoms with E-state index in [1.807, 2.05) is 25.9 Å². The van der Waals surface area contributed by atoms with E-state index < -0.39 is 5.97 Å². The van der Waals surface area contributed by atoms with Gasteiger partial charge < -0.3 is 10.0 Å². The van der Waals surface area contributed by atoms with Crippen LogP contribution in [0.3, 0.4) is 0 Å². The van der Waals surface area contributed by atoms with Crippen molar-refractivity contribution in [3.63, 3.8) is 0 Å². The first-order chi connectivity index (χ1) is 7.47. The third kappa shape index (κ3) is 2.74. The van der Waals surface area contributed by atoms with Gasteiger partial charge >= 0.3 is 5.97 Å². The Morgan fingerprint density at radius 1 is 1.56 bits per heavy atom. The van der Waals surface area contributed by atoms with Crippen molar-refractivity contribution in [3.05, 3.63) is 16.4 Å². The van der Waals surface area contributed by atoms with Gasteiger partial charge in [0, 0.05) is 6.54 Å². The van der Waals surface area contributed by atoms with E-state index in [1.165, 1.54) is 0 Å². The van der Waals surface area contributed by atoms with Gasteiger partial charge in [0.05, 0.1) is 12.2 Å². The van der Waals surface area contributed by atoms with Gasteiger partial charge in [0.25, 0.3) is 0 Å². The quantitative estimate of drug-likeness (QED) is 0.851. The largest absolute Gasteiger partial charge is 0.478 e. The second kappa shape index (κ2) is 5.32. The Bertz CT molecular complexity index is 388. The summed E-state index contributed by atoms with van der Waals surface area (Å²) in [6.45, 7) is 3.22. The zero-order valence-corrected chi connectivity index (χ0v) is 10.5. The Hall–Kier alpha value is -1.07. The summed E-state index contributed by atoms with van der Waals surface area (Å²) in [6.07, 6.45) is 0.566. The number of aromatic nitrogens is 2. The maximum atomic E-state index is 11.0. The molecule has 1 heterocycles. The smallest absolute Gasteiger partial charge is 0.340 e. The Balaban J connectivity index is 2.99. The Kier molecular flexibility index (Phi) is 4.32. The van der Waals surface area contributed by atoms with Crippen LogP contribution in [0.1, 0.15) is 23.0 Å². The SMILES string of the molecule is CCc1nn(CCN(C)C)c(Cl)c1C(=O)O. The van der Waals surface area contributed by atoms with E-state index in [0.717, 1.165) is 6.54 Å². The zero-order valence-electron chi connectivity index (χ0n) is 9.70. The van der Waals surface area contributed by atoms with E-state index in [2.05, 4.69) is 5.10 Å². The normalized spacial score (nSPS) is 11.1. The van der Waals surface area contributed by atoms with Gasteiger partial charge in [-0.3, -0.25) is 4.68 Å². The molecule has 0 unspecified atom stereocenters. The number of carboxylic acid groups (broad SMARTS) is 1. The number of hydrogen-bond acceptors (Lipinski definition) is 3. The first-order valence-electron chi connectivity index (χ1n) is 5.10. The molecule has 16 heavy (non-hydrogen) atoms. The van der Waals surface area contributed by atoms with Gasteiger partial charge in [-0.25, -0.2) is 4.79 Å². The second-order valence-corrected chi connectivity index (χ2v) is 4.16. The fourth-order valence-electron chi connectivity index (χ4n) is 1.39. The predicted molar refractivity (Wildman–Crippen MR) is 62.1 cm³/mol. The number of halogens is 1. The van der Waals surface area contributed by atoms with Gasteiger partial charge in [-0.1, -0.05) is 18.5 Å². The van der Waals surface area contributed by atoms with Crippen molar-refractivity contribution in [1.82, 2.24) is 14.7 Å². The number of aromatic carboxylic acids is 1. The molecule has 0 fully saturated rings. The highest BCUT2D eigenvalue weighted by atomic mass is 35.5. The van der Waals surface area contributed by atoms with Gasteiger partial charge in [-0.2, -0.15) is 5.10 Å². The lowest BCUT2D eigenvalue weighted by Crippen LogP contribution is -2.19. The summed E-state index contributed by atoms with van der Waals surface area (Å²) in [5, 5.41) is 13.4. The molecule has 0 aromatic carbocycles. The molecule has 0 spiro atoms. The number of aryl methyl sites for hydroxylation is 1. The van der Waals surface area contributed by atoms with Gasteiger partial charge in [0.2, 0.25) is 0 Å². The van der Waals surface area contributed by atoms with Crippen LogP contribution in [0, 0.1) is 0 Å². The van der Waals surface area contributed by atoms with Crippen LogP contribution in [0.15, 0.2) is 0 Å². The molecule has 0 aliphatic heterocycles. The minimum atomic E-state index is -1.02. The van der Waals surface area contributed by atoms with E-state index >= 15 is 0 Å². The fraction of sp³-hybridized carbons (Fsp3) is 0.600. The monoisotopic (exact) mass is 245 g/mol. The first kappa shape index (κ1) is 13.0. The molecule has 5 nitrogen and oxygen atoms in total. The van der Waals surface area contributed by atoms with E-state index in [4.69, 9.17) is 16.7 Å². The Morgan fingerprint density at radius 2 is 2.19 bits per heavy atom. The van der Waals surface area contributed by atoms with Crippen molar-refractivity contribution in [2.24, 2.45) is 0 Å². The number of likely N-dealkylation sites (N-methyl/N-ethyl adjacent to an activating group) is 1. The summed E-state index contributed by atoms with van der Waals surface area (Å²) in [5.74, 6) is -1.02. The number of nitrogens with zero attached hydrogens (tertiary/aromatic N) is 3. The average molecular weight is 246 g/mol. The molecular weight excluding hydrogens is 230 g/mol. The number of rotatable bonds is 5. The molecule has 0 atom stereocenters. The summed E-state index contributed by atoms with van der Waals surface area (Å²) < 4.78 is 1.55. The first-order valence-corrected chi connectivity index (χ1v) is 5.48. The van der Waals surface area contributed by atoms with Crippen LogP contribution in [0.2, 0.25) is 5.15 Å². The molecule has 0 saturated heterocycles. The van der Waals surface area contributed by atoms with Crippen molar-refractivity contribution in [2.45, 2.75) is 19.9 Å². The van der Waals surface area contributed by atoms with Crippen LogP contribution >= 0.6 is 11.6 Å². The lowest BCUT2D eigenvalue weighted by Gasteiger charge is -2.09. The molecule has 0 radical (unpaired) electrons. The van der Waals surface area contributed by atoms with E-state index in [9.17, 15) is 4.79 Å². The van der Waals surface area contributed by atoms with E-state index in [0.29, 0.717) is 18.7 Å². The minimum Gasteiger partial charge on any atom is -0.478 e. The molecular formula is C10H16ClN3O2. The molecule has 90 valence electrons. The third-order valence-corrected chi connectivity index (χ3v) is 2.65. The molecule has 1 rings (SSSR count). The Morgan fingerprint density at radius 3 is 2.56 bits per heavy atom. The molecule has 0 saturated carbocycles. The maximum Gasteiger partial charge on any atom is 0.340 e. The van der Waals surface area contributed by atoms with E-state index in [1.54, 1.807) is 4.68 Å². The fourth-order valence-corrected chi connectivity index (χ4v) is 1.70. The maximum absolute atomic E-state index is 11.0. The predicted octanol–water partition coefficient (Wildman–Crippen LogP) is 1.36. The van der Waals surface area contributed by atoms with Crippen molar-refractivity contribution in [2.75, 3.05) is 20.6 Å². The number of hydrogen-bond donors (Lipinski definition) is 1. The van der Waals surface area contributed by atoms with Crippen LogP contribution in [0.5, 0.6) is 0 Å². The molecule has 1 aromatic rings. The standard InChI is InChI=1S/C10H16ClN3O2/c1-4-7-8(10(15)16)9(11)14(12-7)6-5-13(2)3/h4-6H2,1-3H3,(H,15,16). The summed E-state index contributed by atoms with van der Waals surface area (Å²) in [5.41, 5.74) is 0.666. The van der Waals surface area contributed by atoms with Crippen molar-refractivity contribution in [3.8, 4) is 0 Å². The van der Waals surface area contributed by atoms with E-state index in [-0.39, 0.29) is 10.7 Å². The lowest BCUT2D eigenvalue weighted by atomic mass is 10.2. The Labute approximate surface area is 99.6 Å². The topological polar surface area (TPSA) is 58.4 Å². The zero-order chi connectivity index (χ0) is 12.3. The minimum absolute atomic E-state index is 0.128. The molecule has 0 aliphatic rings. The molecule has 0 aliphatic carbocycles. The molecule has 6 heteroatoms. The summed E-state index contributed by atoms with van der Waals surface area (Å²) in [7, 11) is 3.88. The van der Waals surface area contributed by atoms with Gasteiger partial charge in [0.1, 0.15) is 10.7 Å². The van der Waals surface area contributed by atoms with Crippen LogP contribution in [-0.2, 0) is 13.0 Å². The third-order valence-electron chi connectivity index (χ3n) is 2.27. The summed E-state index contributed by atoms with van der Waals surface area (Å²) in [4.78, 5) is 13.0. The number of carbonyl (C=O) groups is 1. The summed E-state index contributed by atoms with van der Waals surface area (Å²) in [6, 6.07) is 0. The van der Waals surface area contributed by atoms with Crippen LogP contribution in [0.4, 0.5) is 0 Å². The van der Waals surface area contributed by atoms with Crippen molar-refractivity contribution >= 4 is 17.6 Å². The molecule has 0 bridgehead atoms. The van der Waals surface area contributed by atoms with Crippen LogP contribution < -0.4 is 0 Å². The molecule has 0 amide bonds. The molecule has 1 aromatic heterocycles. The average Bonchev–Trinajstić information content (AvgIpc) is 2.52. The van der Waals surface area contributed by atoms with Gasteiger partial charge in [-0.05, 0) is 20.5 Å². The van der Waals surface area contributed by atoms with Gasteiger partial charge in [-0.15, -0.1) is 0 Å². The summed E-state index contributed by atoms with van der Waals surface area (Å²) >= 11 is 5.99. The molecule has 1 N–H and O–H groups in total.